The zero-order chi connectivity index (χ0) is 17.6. The Morgan fingerprint density at radius 2 is 1.96 bits per heavy atom. The maximum absolute atomic E-state index is 4.55. The van der Waals surface area contributed by atoms with Crippen LogP contribution in [0.15, 0.2) is 58.6 Å². The minimum absolute atomic E-state index is 0.615. The fraction of sp³-hybridized carbons (Fsp3) is 0.300. The van der Waals surface area contributed by atoms with Crippen molar-refractivity contribution in [1.29, 1.82) is 0 Å². The second-order valence-electron chi connectivity index (χ2n) is 6.12. The topological polar surface area (TPSA) is 48.8 Å². The lowest BCUT2D eigenvalue weighted by atomic mass is 10.1. The van der Waals surface area contributed by atoms with Crippen molar-refractivity contribution in [3.63, 3.8) is 0 Å². The smallest absolute Gasteiger partial charge is 0.161 e. The number of nitrogens with one attached hydrogen (secondary N) is 2. The number of benzene rings is 2. The predicted molar refractivity (Wildman–Crippen MR) is 111 cm³/mol. The highest BCUT2D eigenvalue weighted by molar-refractivity contribution is 8.15. The molecule has 4 nitrogen and oxygen atoms in total. The molecule has 0 amide bonds. The highest BCUT2D eigenvalue weighted by Gasteiger charge is 2.17. The molecule has 1 aliphatic rings. The number of aryl methyl sites for hydroxylation is 1. The molecule has 1 atom stereocenters. The Balaban J connectivity index is 1.62. The van der Waals surface area contributed by atoms with Gasteiger partial charge in [-0.1, -0.05) is 49.0 Å². The Kier molecular flexibility index (Phi) is 5.76. The first-order valence-electron chi connectivity index (χ1n) is 8.60. The first-order valence-corrected chi connectivity index (χ1v) is 9.48. The molecule has 0 radical (unpaired) electrons. The molecule has 130 valence electrons. The van der Waals surface area contributed by atoms with Crippen molar-refractivity contribution in [2.24, 2.45) is 10.1 Å². The molecule has 0 bridgehead atoms. The Hall–Kier alpha value is -2.27. The van der Waals surface area contributed by atoms with Crippen LogP contribution in [0.1, 0.15) is 31.4 Å². The number of hydrazone groups is 1. The number of nitrogens with zero attached hydrogens (tertiary/aromatic N) is 2. The molecule has 2 aromatic carbocycles. The molecule has 2 N–H and O–H groups in total. The van der Waals surface area contributed by atoms with Gasteiger partial charge in [-0.25, -0.2) is 0 Å². The number of rotatable bonds is 5. The summed E-state index contributed by atoms with van der Waals surface area (Å²) in [5.74, 6) is 0. The van der Waals surface area contributed by atoms with Crippen molar-refractivity contribution in [2.45, 2.75) is 32.4 Å². The first-order chi connectivity index (χ1) is 12.2. The van der Waals surface area contributed by atoms with Gasteiger partial charge in [-0.15, -0.1) is 0 Å². The van der Waals surface area contributed by atoms with Gasteiger partial charge in [0.25, 0.3) is 0 Å². The SMILES string of the molecule is CC[C@H]1CN=C(Nc2ccc(/C(C)=N\Nc3ccccc3C)cc2)S1. The minimum atomic E-state index is 0.615. The molecule has 5 heteroatoms. The van der Waals surface area contributed by atoms with E-state index in [1.54, 1.807) is 0 Å². The fourth-order valence-corrected chi connectivity index (χ4v) is 3.48. The Bertz CT molecular complexity index is 781. The van der Waals surface area contributed by atoms with Crippen LogP contribution in [-0.2, 0) is 0 Å². The molecule has 25 heavy (non-hydrogen) atoms. The van der Waals surface area contributed by atoms with Gasteiger partial charge in [0.2, 0.25) is 0 Å². The first kappa shape index (κ1) is 17.5. The van der Waals surface area contributed by atoms with E-state index < -0.39 is 0 Å². The van der Waals surface area contributed by atoms with Crippen LogP contribution in [0.2, 0.25) is 0 Å². The summed E-state index contributed by atoms with van der Waals surface area (Å²) in [7, 11) is 0. The summed E-state index contributed by atoms with van der Waals surface area (Å²) in [5.41, 5.74) is 8.46. The third-order valence-corrected chi connectivity index (χ3v) is 5.49. The van der Waals surface area contributed by atoms with Gasteiger partial charge in [0, 0.05) is 10.9 Å². The molecular weight excluding hydrogens is 328 g/mol. The van der Waals surface area contributed by atoms with Crippen LogP contribution in [0.3, 0.4) is 0 Å². The molecule has 0 fully saturated rings. The molecule has 3 rings (SSSR count). The van der Waals surface area contributed by atoms with Crippen LogP contribution in [0.5, 0.6) is 0 Å². The Morgan fingerprint density at radius 1 is 1.20 bits per heavy atom. The van der Waals surface area contributed by atoms with Gasteiger partial charge < -0.3 is 5.32 Å². The van der Waals surface area contributed by atoms with Crippen LogP contribution in [0.25, 0.3) is 0 Å². The van der Waals surface area contributed by atoms with Crippen LogP contribution >= 0.6 is 11.8 Å². The lowest BCUT2D eigenvalue weighted by molar-refractivity contribution is 0.843. The third-order valence-electron chi connectivity index (χ3n) is 4.22. The lowest BCUT2D eigenvalue weighted by Gasteiger charge is -2.09. The number of hydrogen-bond acceptors (Lipinski definition) is 5. The van der Waals surface area contributed by atoms with Gasteiger partial charge in [0.1, 0.15) is 0 Å². The van der Waals surface area contributed by atoms with E-state index in [1.165, 1.54) is 5.56 Å². The van der Waals surface area contributed by atoms with Crippen LogP contribution in [-0.4, -0.2) is 22.7 Å². The van der Waals surface area contributed by atoms with Crippen molar-refractivity contribution in [3.8, 4) is 0 Å². The van der Waals surface area contributed by atoms with Crippen molar-refractivity contribution >= 4 is 34.0 Å². The molecule has 2 aromatic rings. The van der Waals surface area contributed by atoms with E-state index >= 15 is 0 Å². The van der Waals surface area contributed by atoms with E-state index in [0.717, 1.165) is 40.8 Å². The summed E-state index contributed by atoms with van der Waals surface area (Å²) in [5, 5.41) is 9.53. The van der Waals surface area contributed by atoms with E-state index in [4.69, 9.17) is 0 Å². The summed E-state index contributed by atoms with van der Waals surface area (Å²) >= 11 is 1.83. The quantitative estimate of drug-likeness (QED) is 0.580. The van der Waals surface area contributed by atoms with E-state index in [-0.39, 0.29) is 0 Å². The van der Waals surface area contributed by atoms with Gasteiger partial charge in [-0.05, 0) is 49.6 Å². The summed E-state index contributed by atoms with van der Waals surface area (Å²) in [6, 6.07) is 16.4. The molecule has 0 aliphatic carbocycles. The van der Waals surface area contributed by atoms with Crippen molar-refractivity contribution in [3.05, 3.63) is 59.7 Å². The second-order valence-corrected chi connectivity index (χ2v) is 7.41. The summed E-state index contributed by atoms with van der Waals surface area (Å²) in [4.78, 5) is 4.55. The minimum Gasteiger partial charge on any atom is -0.335 e. The summed E-state index contributed by atoms with van der Waals surface area (Å²) in [6.07, 6.45) is 1.15. The Labute approximate surface area is 153 Å². The standard InChI is InChI=1S/C20H24N4S/c1-4-18-13-21-20(25-18)22-17-11-9-16(10-12-17)15(3)23-24-19-8-6-5-7-14(19)2/h5-12,18,24H,4,13H2,1-3H3,(H,21,22)/b23-15-/t18-/m0/s1. The monoisotopic (exact) mass is 352 g/mol. The van der Waals surface area contributed by atoms with E-state index in [2.05, 4.69) is 65.0 Å². The van der Waals surface area contributed by atoms with E-state index in [0.29, 0.717) is 5.25 Å². The van der Waals surface area contributed by atoms with Gasteiger partial charge in [0.15, 0.2) is 5.17 Å². The van der Waals surface area contributed by atoms with Gasteiger partial charge in [0.05, 0.1) is 17.9 Å². The van der Waals surface area contributed by atoms with E-state index in [1.807, 2.05) is 36.9 Å². The lowest BCUT2D eigenvalue weighted by Crippen LogP contribution is -2.07. The van der Waals surface area contributed by atoms with Crippen LogP contribution < -0.4 is 10.7 Å². The predicted octanol–water partition coefficient (Wildman–Crippen LogP) is 5.12. The number of aliphatic imine (C=N–C) groups is 1. The molecule has 0 saturated heterocycles. The molecule has 1 aliphatic heterocycles. The van der Waals surface area contributed by atoms with Gasteiger partial charge >= 0.3 is 0 Å². The summed E-state index contributed by atoms with van der Waals surface area (Å²) in [6.45, 7) is 7.20. The molecular formula is C20H24N4S. The van der Waals surface area contributed by atoms with Crippen molar-refractivity contribution in [1.82, 2.24) is 0 Å². The number of hydrogen-bond donors (Lipinski definition) is 2. The van der Waals surface area contributed by atoms with Crippen LogP contribution in [0, 0.1) is 6.92 Å². The molecule has 0 aromatic heterocycles. The average molecular weight is 353 g/mol. The number of thioether (sulfide) groups is 1. The fourth-order valence-electron chi connectivity index (χ4n) is 2.52. The van der Waals surface area contributed by atoms with Crippen molar-refractivity contribution in [2.75, 3.05) is 17.3 Å². The average Bonchev–Trinajstić information content (AvgIpc) is 3.09. The maximum Gasteiger partial charge on any atom is 0.161 e. The maximum atomic E-state index is 4.55. The van der Waals surface area contributed by atoms with Crippen molar-refractivity contribution < 1.29 is 0 Å². The third kappa shape index (κ3) is 4.63. The second kappa shape index (κ2) is 8.21. The largest absolute Gasteiger partial charge is 0.335 e. The zero-order valence-corrected chi connectivity index (χ0v) is 15.7. The van der Waals surface area contributed by atoms with Gasteiger partial charge in [-0.3, -0.25) is 10.4 Å². The molecule has 1 heterocycles. The number of para-hydroxylation sites is 1. The highest BCUT2D eigenvalue weighted by Crippen LogP contribution is 2.24. The normalized spacial score (nSPS) is 17.3. The van der Waals surface area contributed by atoms with E-state index in [9.17, 15) is 0 Å². The molecule has 0 spiro atoms. The Morgan fingerprint density at radius 3 is 2.64 bits per heavy atom. The van der Waals surface area contributed by atoms with Gasteiger partial charge in [-0.2, -0.15) is 5.10 Å². The highest BCUT2D eigenvalue weighted by atomic mass is 32.2. The number of anilines is 2. The number of amidine groups is 1. The molecule has 0 saturated carbocycles. The zero-order valence-electron chi connectivity index (χ0n) is 14.9. The summed E-state index contributed by atoms with van der Waals surface area (Å²) < 4.78 is 0. The molecule has 0 unspecified atom stereocenters. The van der Waals surface area contributed by atoms with Crippen LogP contribution in [0.4, 0.5) is 11.4 Å².